The first-order valence-electron chi connectivity index (χ1n) is 8.72. The fraction of sp³-hybridized carbons (Fsp3) is 0.632. The Morgan fingerprint density at radius 3 is 2.46 bits per heavy atom. The van der Waals surface area contributed by atoms with Crippen LogP contribution in [0.1, 0.15) is 33.3 Å². The number of rotatable bonds is 9. The first-order valence-corrected chi connectivity index (χ1v) is 8.72. The van der Waals surface area contributed by atoms with Crippen molar-refractivity contribution in [3.63, 3.8) is 0 Å². The number of hydrogen-bond acceptors (Lipinski definition) is 3. The minimum absolute atomic E-state index is 0.142. The Bertz CT molecular complexity index is 468. The van der Waals surface area contributed by atoms with Crippen LogP contribution in [-0.4, -0.2) is 44.8 Å². The highest BCUT2D eigenvalue weighted by atomic mass is 16.5. The second-order valence-corrected chi connectivity index (χ2v) is 7.16. The number of hydrogen-bond donors (Lipinski definition) is 3. The van der Waals surface area contributed by atoms with Gasteiger partial charge in [0.2, 0.25) is 0 Å². The summed E-state index contributed by atoms with van der Waals surface area (Å²) in [4.78, 5) is 4.25. The van der Waals surface area contributed by atoms with Gasteiger partial charge in [0, 0.05) is 32.2 Å². The third kappa shape index (κ3) is 10.2. The van der Waals surface area contributed by atoms with Crippen molar-refractivity contribution >= 4 is 5.96 Å². The first kappa shape index (κ1) is 20.5. The average Bonchev–Trinajstić information content (AvgIpc) is 2.54. The lowest BCUT2D eigenvalue weighted by molar-refractivity contribution is 0.0931. The number of ether oxygens (including phenoxy) is 1. The Labute approximate surface area is 147 Å². The summed E-state index contributed by atoms with van der Waals surface area (Å²) in [6.07, 6.45) is 0. The molecule has 0 fully saturated rings. The molecular weight excluding hydrogens is 300 g/mol. The first-order chi connectivity index (χ1) is 11.4. The van der Waals surface area contributed by atoms with Crippen molar-refractivity contribution in [3.05, 3.63) is 35.9 Å². The average molecular weight is 335 g/mol. The van der Waals surface area contributed by atoms with Crippen LogP contribution >= 0.6 is 0 Å². The van der Waals surface area contributed by atoms with Gasteiger partial charge in [-0.1, -0.05) is 37.3 Å². The van der Waals surface area contributed by atoms with Crippen molar-refractivity contribution in [2.75, 3.05) is 33.3 Å². The third-order valence-corrected chi connectivity index (χ3v) is 3.43. The monoisotopic (exact) mass is 334 g/mol. The fourth-order valence-corrected chi connectivity index (χ4v) is 2.12. The number of nitrogens with one attached hydrogen (secondary N) is 3. The number of aliphatic imine (C=N–C) groups is 1. The molecule has 3 N–H and O–H groups in total. The van der Waals surface area contributed by atoms with E-state index in [-0.39, 0.29) is 5.54 Å². The molecule has 0 aliphatic heterocycles. The number of benzene rings is 1. The van der Waals surface area contributed by atoms with Crippen molar-refractivity contribution in [1.29, 1.82) is 0 Å². The Morgan fingerprint density at radius 2 is 1.83 bits per heavy atom. The zero-order valence-electron chi connectivity index (χ0n) is 15.9. The molecule has 0 saturated heterocycles. The Hall–Kier alpha value is -1.59. The standard InChI is InChI=1S/C19H34N4O/c1-16(14-24-15-17-9-7-6-8-10-17)13-22-18(20-5)21-11-12-23-19(2,3)4/h6-10,16,23H,11-15H2,1-5H3,(H2,20,21,22). The Kier molecular flexibility index (Phi) is 9.42. The van der Waals surface area contributed by atoms with Crippen LogP contribution in [0.15, 0.2) is 35.3 Å². The molecule has 0 spiro atoms. The molecule has 0 aliphatic carbocycles. The maximum atomic E-state index is 5.77. The van der Waals surface area contributed by atoms with E-state index in [4.69, 9.17) is 4.74 Å². The van der Waals surface area contributed by atoms with Gasteiger partial charge in [0.05, 0.1) is 13.2 Å². The molecule has 0 radical (unpaired) electrons. The maximum absolute atomic E-state index is 5.77. The van der Waals surface area contributed by atoms with Gasteiger partial charge in [-0.2, -0.15) is 0 Å². The molecule has 136 valence electrons. The van der Waals surface area contributed by atoms with E-state index in [1.165, 1.54) is 5.56 Å². The van der Waals surface area contributed by atoms with E-state index in [9.17, 15) is 0 Å². The van der Waals surface area contributed by atoms with E-state index < -0.39 is 0 Å². The lowest BCUT2D eigenvalue weighted by Crippen LogP contribution is -2.45. The normalized spacial score (nSPS) is 13.6. The van der Waals surface area contributed by atoms with E-state index in [1.54, 1.807) is 7.05 Å². The van der Waals surface area contributed by atoms with Crippen molar-refractivity contribution in [2.45, 2.75) is 39.8 Å². The van der Waals surface area contributed by atoms with Crippen LogP contribution in [0.3, 0.4) is 0 Å². The number of nitrogens with zero attached hydrogens (tertiary/aromatic N) is 1. The second kappa shape index (κ2) is 11.0. The molecule has 0 saturated carbocycles. The molecule has 0 bridgehead atoms. The lowest BCUT2D eigenvalue weighted by atomic mass is 10.1. The molecular formula is C19H34N4O. The van der Waals surface area contributed by atoms with Gasteiger partial charge in [0.1, 0.15) is 0 Å². The number of guanidine groups is 1. The molecule has 1 aromatic rings. The lowest BCUT2D eigenvalue weighted by Gasteiger charge is -2.21. The van der Waals surface area contributed by atoms with Crippen LogP contribution in [0.2, 0.25) is 0 Å². The van der Waals surface area contributed by atoms with Gasteiger partial charge in [-0.15, -0.1) is 0 Å². The van der Waals surface area contributed by atoms with Gasteiger partial charge in [0.15, 0.2) is 5.96 Å². The van der Waals surface area contributed by atoms with E-state index in [0.717, 1.165) is 32.2 Å². The van der Waals surface area contributed by atoms with Crippen LogP contribution in [0.4, 0.5) is 0 Å². The zero-order chi connectivity index (χ0) is 17.8. The molecule has 0 heterocycles. The predicted molar refractivity (Wildman–Crippen MR) is 102 cm³/mol. The molecule has 1 aromatic carbocycles. The third-order valence-electron chi connectivity index (χ3n) is 3.43. The maximum Gasteiger partial charge on any atom is 0.191 e. The molecule has 0 aliphatic rings. The summed E-state index contributed by atoms with van der Waals surface area (Å²) in [5, 5.41) is 10.1. The summed E-state index contributed by atoms with van der Waals surface area (Å²) in [7, 11) is 1.79. The molecule has 0 amide bonds. The smallest absolute Gasteiger partial charge is 0.191 e. The molecule has 24 heavy (non-hydrogen) atoms. The molecule has 1 atom stereocenters. The molecule has 1 rings (SSSR count). The SMILES string of the molecule is CN=C(NCCNC(C)(C)C)NCC(C)COCc1ccccc1. The van der Waals surface area contributed by atoms with Crippen molar-refractivity contribution in [2.24, 2.45) is 10.9 Å². The van der Waals surface area contributed by atoms with Gasteiger partial charge in [-0.3, -0.25) is 4.99 Å². The van der Waals surface area contributed by atoms with Crippen LogP contribution in [0.5, 0.6) is 0 Å². The summed E-state index contributed by atoms with van der Waals surface area (Å²) in [5.74, 6) is 1.25. The summed E-state index contributed by atoms with van der Waals surface area (Å²) in [5.41, 5.74) is 1.35. The Morgan fingerprint density at radius 1 is 1.12 bits per heavy atom. The van der Waals surface area contributed by atoms with Crippen LogP contribution < -0.4 is 16.0 Å². The van der Waals surface area contributed by atoms with E-state index >= 15 is 0 Å². The van der Waals surface area contributed by atoms with Crippen LogP contribution in [0.25, 0.3) is 0 Å². The van der Waals surface area contributed by atoms with Gasteiger partial charge in [0.25, 0.3) is 0 Å². The zero-order valence-corrected chi connectivity index (χ0v) is 15.9. The Balaban J connectivity index is 2.13. The quantitative estimate of drug-likeness (QED) is 0.369. The van der Waals surface area contributed by atoms with Gasteiger partial charge in [-0.25, -0.2) is 0 Å². The predicted octanol–water partition coefficient (Wildman–Crippen LogP) is 2.39. The molecule has 1 unspecified atom stereocenters. The largest absolute Gasteiger partial charge is 0.376 e. The highest BCUT2D eigenvalue weighted by Crippen LogP contribution is 2.02. The summed E-state index contributed by atoms with van der Waals surface area (Å²) < 4.78 is 5.77. The highest BCUT2D eigenvalue weighted by Gasteiger charge is 2.08. The van der Waals surface area contributed by atoms with Gasteiger partial charge < -0.3 is 20.7 Å². The topological polar surface area (TPSA) is 57.7 Å². The molecule has 5 nitrogen and oxygen atoms in total. The van der Waals surface area contributed by atoms with Crippen molar-refractivity contribution in [3.8, 4) is 0 Å². The minimum Gasteiger partial charge on any atom is -0.376 e. The molecule has 5 heteroatoms. The van der Waals surface area contributed by atoms with Crippen molar-refractivity contribution < 1.29 is 4.74 Å². The van der Waals surface area contributed by atoms with Crippen LogP contribution in [0, 0.1) is 5.92 Å². The van der Waals surface area contributed by atoms with E-state index in [2.05, 4.69) is 60.8 Å². The van der Waals surface area contributed by atoms with E-state index in [1.807, 2.05) is 18.2 Å². The minimum atomic E-state index is 0.142. The van der Waals surface area contributed by atoms with Crippen molar-refractivity contribution in [1.82, 2.24) is 16.0 Å². The van der Waals surface area contributed by atoms with Gasteiger partial charge in [-0.05, 0) is 32.3 Å². The van der Waals surface area contributed by atoms with Gasteiger partial charge >= 0.3 is 0 Å². The summed E-state index contributed by atoms with van der Waals surface area (Å²) in [6, 6.07) is 10.3. The summed E-state index contributed by atoms with van der Waals surface area (Å²) >= 11 is 0. The van der Waals surface area contributed by atoms with Crippen LogP contribution in [-0.2, 0) is 11.3 Å². The summed E-state index contributed by atoms with van der Waals surface area (Å²) in [6.45, 7) is 12.6. The highest BCUT2D eigenvalue weighted by molar-refractivity contribution is 5.79. The molecule has 0 aromatic heterocycles. The fourth-order valence-electron chi connectivity index (χ4n) is 2.12. The van der Waals surface area contributed by atoms with E-state index in [0.29, 0.717) is 12.5 Å². The second-order valence-electron chi connectivity index (χ2n) is 7.16.